The second kappa shape index (κ2) is 7.17. The maximum absolute atomic E-state index is 12.5. The fourth-order valence-electron chi connectivity index (χ4n) is 3.13. The van der Waals surface area contributed by atoms with Crippen molar-refractivity contribution < 1.29 is 9.53 Å². The van der Waals surface area contributed by atoms with E-state index in [1.54, 1.807) is 18.5 Å². The second-order valence-electron chi connectivity index (χ2n) is 6.17. The van der Waals surface area contributed by atoms with Crippen molar-refractivity contribution in [2.24, 2.45) is 0 Å². The quantitative estimate of drug-likeness (QED) is 0.728. The van der Waals surface area contributed by atoms with Gasteiger partial charge < -0.3 is 10.1 Å². The van der Waals surface area contributed by atoms with Crippen molar-refractivity contribution in [1.29, 1.82) is 0 Å². The highest BCUT2D eigenvalue weighted by Crippen LogP contribution is 2.37. The second-order valence-corrected chi connectivity index (χ2v) is 6.61. The van der Waals surface area contributed by atoms with Gasteiger partial charge in [-0.1, -0.05) is 17.7 Å². The summed E-state index contributed by atoms with van der Waals surface area (Å²) in [5.41, 5.74) is 2.81. The molecule has 0 aliphatic carbocycles. The van der Waals surface area contributed by atoms with E-state index in [4.69, 9.17) is 16.3 Å². The third-order valence-electron chi connectivity index (χ3n) is 4.41. The number of hydrogen-bond donors (Lipinski definition) is 2. The molecule has 0 saturated heterocycles. The summed E-state index contributed by atoms with van der Waals surface area (Å²) in [6.07, 6.45) is 4.59. The zero-order chi connectivity index (χ0) is 17.9. The van der Waals surface area contributed by atoms with Gasteiger partial charge in [-0.15, -0.1) is 0 Å². The summed E-state index contributed by atoms with van der Waals surface area (Å²) in [4.78, 5) is 16.5. The number of anilines is 1. The average Bonchev–Trinajstić information content (AvgIpc) is 3.11. The number of rotatable bonds is 4. The molecular formula is C19H17ClN4O2. The first-order chi connectivity index (χ1) is 12.7. The smallest absolute Gasteiger partial charge is 0.226 e. The Kier molecular flexibility index (Phi) is 4.58. The van der Waals surface area contributed by atoms with Crippen LogP contribution in [0.4, 0.5) is 5.82 Å². The first kappa shape index (κ1) is 16.6. The minimum Gasteiger partial charge on any atom is -0.493 e. The molecule has 132 valence electrons. The van der Waals surface area contributed by atoms with Gasteiger partial charge in [-0.3, -0.25) is 14.9 Å². The highest BCUT2D eigenvalue weighted by Gasteiger charge is 2.24. The van der Waals surface area contributed by atoms with E-state index in [9.17, 15) is 4.79 Å². The number of amides is 1. The van der Waals surface area contributed by atoms with Crippen LogP contribution in [0.25, 0.3) is 11.3 Å². The van der Waals surface area contributed by atoms with Crippen LogP contribution in [0.15, 0.2) is 48.8 Å². The highest BCUT2D eigenvalue weighted by molar-refractivity contribution is 6.30. The molecule has 1 amide bonds. The van der Waals surface area contributed by atoms with Crippen molar-refractivity contribution in [3.8, 4) is 17.0 Å². The lowest BCUT2D eigenvalue weighted by Crippen LogP contribution is -2.20. The van der Waals surface area contributed by atoms with Gasteiger partial charge in [-0.05, 0) is 42.2 Å². The summed E-state index contributed by atoms with van der Waals surface area (Å²) >= 11 is 6.02. The molecule has 2 aromatic heterocycles. The number of aromatic nitrogens is 3. The van der Waals surface area contributed by atoms with E-state index in [2.05, 4.69) is 20.5 Å². The standard InChI is InChI=1S/C19H17ClN4O2/c20-14-1-2-15-13(5-8-26-17(15)10-14)9-19(25)22-18-11-16(23-24-18)12-3-6-21-7-4-12/h1-4,6-7,10-11,13H,5,8-9H2,(H2,22,23,24,25)/t13-/m1/s1. The first-order valence-corrected chi connectivity index (χ1v) is 8.75. The molecule has 1 atom stereocenters. The van der Waals surface area contributed by atoms with Crippen LogP contribution >= 0.6 is 11.6 Å². The fraction of sp³-hybridized carbons (Fsp3) is 0.211. The van der Waals surface area contributed by atoms with Crippen LogP contribution in [-0.4, -0.2) is 27.7 Å². The predicted octanol–water partition coefficient (Wildman–Crippen LogP) is 4.02. The number of benzene rings is 1. The van der Waals surface area contributed by atoms with Crippen LogP contribution in [0.3, 0.4) is 0 Å². The number of halogens is 1. The lowest BCUT2D eigenvalue weighted by molar-refractivity contribution is -0.116. The molecule has 26 heavy (non-hydrogen) atoms. The van der Waals surface area contributed by atoms with Crippen molar-refractivity contribution in [2.45, 2.75) is 18.8 Å². The zero-order valence-electron chi connectivity index (χ0n) is 13.9. The Labute approximate surface area is 155 Å². The number of hydrogen-bond acceptors (Lipinski definition) is 4. The van der Waals surface area contributed by atoms with E-state index in [0.717, 1.165) is 29.0 Å². The van der Waals surface area contributed by atoms with Gasteiger partial charge >= 0.3 is 0 Å². The fourth-order valence-corrected chi connectivity index (χ4v) is 3.29. The van der Waals surface area contributed by atoms with Gasteiger partial charge in [-0.2, -0.15) is 5.10 Å². The number of carbonyl (C=O) groups is 1. The molecule has 2 N–H and O–H groups in total. The number of fused-ring (bicyclic) bond motifs is 1. The van der Waals surface area contributed by atoms with E-state index in [1.807, 2.05) is 30.3 Å². The van der Waals surface area contributed by atoms with E-state index in [0.29, 0.717) is 23.9 Å². The maximum atomic E-state index is 12.5. The van der Waals surface area contributed by atoms with E-state index in [-0.39, 0.29) is 11.8 Å². The Balaban J connectivity index is 1.43. The molecule has 6 nitrogen and oxygen atoms in total. The summed E-state index contributed by atoms with van der Waals surface area (Å²) in [5.74, 6) is 1.30. The molecule has 0 fully saturated rings. The van der Waals surface area contributed by atoms with Gasteiger partial charge in [0, 0.05) is 35.5 Å². The Bertz CT molecular complexity index is 926. The van der Waals surface area contributed by atoms with Gasteiger partial charge in [0.1, 0.15) is 5.75 Å². The number of carbonyl (C=O) groups excluding carboxylic acids is 1. The minimum absolute atomic E-state index is 0.0782. The highest BCUT2D eigenvalue weighted by atomic mass is 35.5. The number of aromatic amines is 1. The van der Waals surface area contributed by atoms with Crippen molar-refractivity contribution in [2.75, 3.05) is 11.9 Å². The number of pyridine rings is 1. The minimum atomic E-state index is -0.0782. The summed E-state index contributed by atoms with van der Waals surface area (Å²) in [6, 6.07) is 11.1. The Hall–Kier alpha value is -2.86. The normalized spacial score (nSPS) is 15.8. The zero-order valence-corrected chi connectivity index (χ0v) is 14.7. The first-order valence-electron chi connectivity index (χ1n) is 8.37. The van der Waals surface area contributed by atoms with E-state index in [1.165, 1.54) is 0 Å². The van der Waals surface area contributed by atoms with Crippen molar-refractivity contribution >= 4 is 23.3 Å². The van der Waals surface area contributed by atoms with E-state index < -0.39 is 0 Å². The lowest BCUT2D eigenvalue weighted by Gasteiger charge is -2.25. The molecule has 0 saturated carbocycles. The number of H-pyrrole nitrogens is 1. The largest absolute Gasteiger partial charge is 0.493 e. The third kappa shape index (κ3) is 3.55. The molecule has 3 aromatic rings. The molecule has 1 aliphatic rings. The summed E-state index contributed by atoms with van der Waals surface area (Å²) in [7, 11) is 0. The van der Waals surface area contributed by atoms with Gasteiger partial charge in [0.25, 0.3) is 0 Å². The van der Waals surface area contributed by atoms with Gasteiger partial charge in [0.15, 0.2) is 5.82 Å². The van der Waals surface area contributed by atoms with Crippen LogP contribution in [0.2, 0.25) is 5.02 Å². The SMILES string of the molecule is O=C(C[C@H]1CCOc2cc(Cl)ccc21)Nc1cc(-c2ccncc2)[nH]n1. The molecule has 0 unspecified atom stereocenters. The van der Waals surface area contributed by atoms with Crippen LogP contribution < -0.4 is 10.1 Å². The summed E-state index contributed by atoms with van der Waals surface area (Å²) in [5, 5.41) is 10.6. The van der Waals surface area contributed by atoms with Gasteiger partial charge in [0.2, 0.25) is 5.91 Å². The topological polar surface area (TPSA) is 79.9 Å². The molecule has 3 heterocycles. The van der Waals surface area contributed by atoms with E-state index >= 15 is 0 Å². The molecule has 0 spiro atoms. The number of nitrogens with zero attached hydrogens (tertiary/aromatic N) is 2. The number of nitrogens with one attached hydrogen (secondary N) is 2. The van der Waals surface area contributed by atoms with Crippen LogP contribution in [0.1, 0.15) is 24.3 Å². The Morgan fingerprint density at radius 1 is 1.27 bits per heavy atom. The molecule has 1 aliphatic heterocycles. The lowest BCUT2D eigenvalue weighted by atomic mass is 9.90. The van der Waals surface area contributed by atoms with Gasteiger partial charge in [-0.25, -0.2) is 0 Å². The summed E-state index contributed by atoms with van der Waals surface area (Å²) in [6.45, 7) is 0.583. The Morgan fingerprint density at radius 2 is 2.12 bits per heavy atom. The molecule has 0 bridgehead atoms. The Morgan fingerprint density at radius 3 is 2.96 bits per heavy atom. The summed E-state index contributed by atoms with van der Waals surface area (Å²) < 4.78 is 5.65. The predicted molar refractivity (Wildman–Crippen MR) is 99.4 cm³/mol. The monoisotopic (exact) mass is 368 g/mol. The third-order valence-corrected chi connectivity index (χ3v) is 4.64. The van der Waals surface area contributed by atoms with Crippen LogP contribution in [-0.2, 0) is 4.79 Å². The number of ether oxygens (including phenoxy) is 1. The average molecular weight is 369 g/mol. The molecule has 4 rings (SSSR count). The molecular weight excluding hydrogens is 352 g/mol. The van der Waals surface area contributed by atoms with Crippen molar-refractivity contribution in [1.82, 2.24) is 15.2 Å². The van der Waals surface area contributed by atoms with Gasteiger partial charge in [0.05, 0.1) is 12.3 Å². The molecule has 0 radical (unpaired) electrons. The van der Waals surface area contributed by atoms with Crippen molar-refractivity contribution in [3.63, 3.8) is 0 Å². The molecule has 7 heteroatoms. The van der Waals surface area contributed by atoms with Crippen LogP contribution in [0, 0.1) is 0 Å². The maximum Gasteiger partial charge on any atom is 0.226 e. The van der Waals surface area contributed by atoms with Crippen LogP contribution in [0.5, 0.6) is 5.75 Å². The van der Waals surface area contributed by atoms with Crippen molar-refractivity contribution in [3.05, 3.63) is 59.4 Å². The molecule has 1 aromatic carbocycles.